The van der Waals surface area contributed by atoms with Gasteiger partial charge >= 0.3 is 6.61 Å². The van der Waals surface area contributed by atoms with E-state index in [9.17, 15) is 37.2 Å². The minimum atomic E-state index is -4.80. The lowest BCUT2D eigenvalue weighted by atomic mass is 9.59. The predicted octanol–water partition coefficient (Wildman–Crippen LogP) is 9.81. The fraction of sp³-hybridized carbons (Fsp3) is 0.490. The number of nitro benzene ring substituents is 1. The first-order valence-electron chi connectivity index (χ1n) is 24.3. The van der Waals surface area contributed by atoms with Crippen molar-refractivity contribution in [2.45, 2.75) is 126 Å². The van der Waals surface area contributed by atoms with Crippen molar-refractivity contribution >= 4 is 44.0 Å². The molecule has 0 radical (unpaired) electrons. The van der Waals surface area contributed by atoms with Gasteiger partial charge in [0.15, 0.2) is 17.2 Å². The molecule has 2 saturated carbocycles. The van der Waals surface area contributed by atoms with Crippen LogP contribution >= 0.6 is 0 Å². The van der Waals surface area contributed by atoms with Gasteiger partial charge in [-0.25, -0.2) is 13.1 Å². The second-order valence-corrected chi connectivity index (χ2v) is 22.2. The fourth-order valence-electron chi connectivity index (χ4n) is 11.7. The van der Waals surface area contributed by atoms with E-state index in [4.69, 9.17) is 14.2 Å². The van der Waals surface area contributed by atoms with Crippen LogP contribution in [0.5, 0.6) is 23.1 Å². The molecule has 10 rings (SSSR count). The Hall–Kier alpha value is -6.05. The molecule has 3 aliphatic heterocycles. The van der Waals surface area contributed by atoms with E-state index in [0.29, 0.717) is 67.8 Å². The molecule has 372 valence electrons. The molecule has 0 unspecified atom stereocenters. The number of piperidine rings is 1. The van der Waals surface area contributed by atoms with Crippen molar-refractivity contribution in [3.8, 4) is 23.1 Å². The monoisotopic (exact) mass is 983 g/mol. The lowest BCUT2D eigenvalue weighted by molar-refractivity contribution is -0.384. The summed E-state index contributed by atoms with van der Waals surface area (Å²) in [6, 6.07) is 19.2. The van der Waals surface area contributed by atoms with E-state index in [2.05, 4.69) is 63.2 Å². The zero-order valence-corrected chi connectivity index (χ0v) is 40.3. The van der Waals surface area contributed by atoms with Crippen LogP contribution < -0.4 is 29.1 Å². The van der Waals surface area contributed by atoms with Crippen molar-refractivity contribution in [3.05, 3.63) is 99.7 Å². The van der Waals surface area contributed by atoms with Gasteiger partial charge in [0.1, 0.15) is 18.0 Å². The molecule has 2 saturated heterocycles. The molecule has 19 heteroatoms. The number of ether oxygens (including phenoxy) is 3. The van der Waals surface area contributed by atoms with E-state index >= 15 is 0 Å². The molecule has 1 spiro atoms. The van der Waals surface area contributed by atoms with Gasteiger partial charge in [-0.05, 0) is 130 Å². The van der Waals surface area contributed by atoms with E-state index in [1.807, 2.05) is 4.72 Å². The summed E-state index contributed by atoms with van der Waals surface area (Å²) >= 11 is 0. The SMILES string of the molecule is CC(C)c1ccccc1[C@H]1CCCN1C1CC2(CCN(c3ccc(C(=O)NS(=O)(=O)c4cc5c(c([N+](=O)[O-])c4)N[C@@H](C4CCC(C)(O)CC4)CO5)c(Oc4cc5cc[nH]c5nc4OC(F)F)c3)CC2)C1. The number of aromatic amines is 1. The van der Waals surface area contributed by atoms with Gasteiger partial charge in [-0.2, -0.15) is 13.8 Å². The van der Waals surface area contributed by atoms with Crippen LogP contribution in [0.25, 0.3) is 11.0 Å². The van der Waals surface area contributed by atoms with Crippen molar-refractivity contribution in [1.82, 2.24) is 19.6 Å². The van der Waals surface area contributed by atoms with Crippen LogP contribution in [0.3, 0.4) is 0 Å². The number of aromatic nitrogens is 2. The molecule has 3 aromatic carbocycles. The number of anilines is 2. The summed E-state index contributed by atoms with van der Waals surface area (Å²) in [5.74, 6) is -1.67. The van der Waals surface area contributed by atoms with Gasteiger partial charge in [-0.15, -0.1) is 0 Å². The van der Waals surface area contributed by atoms with Crippen LogP contribution in [0.2, 0.25) is 0 Å². The summed E-state index contributed by atoms with van der Waals surface area (Å²) in [4.78, 5) is 37.3. The van der Waals surface area contributed by atoms with Crippen LogP contribution in [0, 0.1) is 21.4 Å². The number of sulfonamides is 1. The number of hydrogen-bond acceptors (Lipinski definition) is 13. The van der Waals surface area contributed by atoms with Gasteiger partial charge in [0.25, 0.3) is 27.5 Å². The zero-order chi connectivity index (χ0) is 49.1. The molecule has 5 aromatic rings. The van der Waals surface area contributed by atoms with Gasteiger partial charge in [-0.3, -0.25) is 19.8 Å². The average molecular weight is 984 g/mol. The van der Waals surface area contributed by atoms with Crippen molar-refractivity contribution in [1.29, 1.82) is 0 Å². The largest absolute Gasteiger partial charge is 0.489 e. The second-order valence-electron chi connectivity index (χ2n) is 20.5. The molecular weight excluding hydrogens is 925 g/mol. The Morgan fingerprint density at radius 1 is 1.00 bits per heavy atom. The molecule has 1 amide bonds. The minimum Gasteiger partial charge on any atom is -0.489 e. The molecule has 5 heterocycles. The van der Waals surface area contributed by atoms with Crippen LogP contribution in [-0.2, 0) is 10.0 Å². The molecular formula is C51H59F2N7O9S. The average Bonchev–Trinajstić information content (AvgIpc) is 4.00. The van der Waals surface area contributed by atoms with Crippen LogP contribution in [0.15, 0.2) is 77.8 Å². The molecule has 16 nitrogen and oxygen atoms in total. The smallest absolute Gasteiger partial charge is 0.388 e. The number of fused-ring (bicyclic) bond motifs is 2. The Labute approximate surface area is 405 Å². The number of H-pyrrole nitrogens is 1. The number of nitro groups is 1. The number of likely N-dealkylation sites (tertiary alicyclic amines) is 1. The molecule has 2 atom stereocenters. The first kappa shape index (κ1) is 47.6. The molecule has 4 N–H and O–H groups in total. The highest BCUT2D eigenvalue weighted by Crippen LogP contribution is 2.54. The summed E-state index contributed by atoms with van der Waals surface area (Å²) in [5.41, 5.74) is 2.41. The van der Waals surface area contributed by atoms with E-state index in [1.54, 1.807) is 31.3 Å². The number of pyridine rings is 1. The standard InChI is InChI=1S/C51H59F2N7O9S/c1-30(2)36-7-4-5-8-37(36)40-9-6-20-59(40)34-27-51(28-34)17-21-58(22-18-51)33-10-11-38(42(24-33)68-44-23-32-14-19-54-46(32)56-48(44)69-49(52)53)47(61)57-70(65,66)35-25-41(60(63)64)45-43(26-35)67-29-39(55-45)31-12-15-50(3,62)16-13-31/h4-5,7-8,10-11,14,19,23-26,30-31,34,39-40,49,55,62H,6,9,12-13,15-18,20-22,27-29H2,1-3H3,(H,54,56)(H,57,61)/t31?,39-,40-,50?/m1/s1. The number of halogens is 2. The van der Waals surface area contributed by atoms with Crippen molar-refractivity contribution < 1.29 is 46.2 Å². The molecule has 4 fully saturated rings. The highest BCUT2D eigenvalue weighted by Gasteiger charge is 2.50. The number of nitrogens with zero attached hydrogens (tertiary/aromatic N) is 4. The Morgan fingerprint density at radius 2 is 1.76 bits per heavy atom. The van der Waals surface area contributed by atoms with Crippen LogP contribution in [-0.4, -0.2) is 89.8 Å². The Bertz CT molecular complexity index is 2900. The molecule has 5 aliphatic rings. The number of carbonyl (C=O) groups is 1. The van der Waals surface area contributed by atoms with Crippen molar-refractivity contribution in [2.75, 3.05) is 36.5 Å². The van der Waals surface area contributed by atoms with E-state index in [0.717, 1.165) is 50.8 Å². The first-order chi connectivity index (χ1) is 33.4. The van der Waals surface area contributed by atoms with Gasteiger partial charge in [0, 0.05) is 60.6 Å². The number of nitrogens with one attached hydrogen (secondary N) is 3. The number of alkyl halides is 2. The van der Waals surface area contributed by atoms with Crippen molar-refractivity contribution in [2.24, 2.45) is 11.3 Å². The normalized spacial score (nSPS) is 23.7. The minimum absolute atomic E-state index is 0.0224. The zero-order valence-electron chi connectivity index (χ0n) is 39.5. The third-order valence-corrected chi connectivity index (χ3v) is 16.9. The summed E-state index contributed by atoms with van der Waals surface area (Å²) in [6.45, 7) is 5.64. The maximum Gasteiger partial charge on any atom is 0.388 e. The Balaban J connectivity index is 0.888. The van der Waals surface area contributed by atoms with Crippen molar-refractivity contribution in [3.63, 3.8) is 0 Å². The van der Waals surface area contributed by atoms with Crippen LogP contribution in [0.4, 0.5) is 25.8 Å². The second kappa shape index (κ2) is 18.6. The molecule has 2 aromatic heterocycles. The lowest BCUT2D eigenvalue weighted by Crippen LogP contribution is -2.54. The van der Waals surface area contributed by atoms with Gasteiger partial charge in [0.2, 0.25) is 0 Å². The summed E-state index contributed by atoms with van der Waals surface area (Å²) in [6.07, 6.45) is 10.5. The van der Waals surface area contributed by atoms with Gasteiger partial charge < -0.3 is 34.5 Å². The molecule has 0 bridgehead atoms. The predicted molar refractivity (Wildman–Crippen MR) is 259 cm³/mol. The lowest BCUT2D eigenvalue weighted by Gasteiger charge is -2.56. The van der Waals surface area contributed by atoms with E-state index < -0.39 is 49.5 Å². The third-order valence-electron chi connectivity index (χ3n) is 15.6. The highest BCUT2D eigenvalue weighted by atomic mass is 32.2. The maximum atomic E-state index is 14.2. The van der Waals surface area contributed by atoms with Crippen LogP contribution in [0.1, 0.15) is 118 Å². The number of rotatable bonds is 13. The Kier molecular flexibility index (Phi) is 12.7. The maximum absolute atomic E-state index is 14.2. The number of hydrogen-bond donors (Lipinski definition) is 4. The summed E-state index contributed by atoms with van der Waals surface area (Å²) in [7, 11) is -4.80. The van der Waals surface area contributed by atoms with Gasteiger partial charge in [0.05, 0.1) is 27.0 Å². The fourth-order valence-corrected chi connectivity index (χ4v) is 12.7. The number of aliphatic hydroxyl groups is 1. The van der Waals surface area contributed by atoms with E-state index in [-0.39, 0.29) is 58.1 Å². The topological polar surface area (TPSA) is 201 Å². The number of benzene rings is 3. The first-order valence-corrected chi connectivity index (χ1v) is 25.8. The molecule has 2 aliphatic carbocycles. The Morgan fingerprint density at radius 3 is 2.49 bits per heavy atom. The quantitative estimate of drug-likeness (QED) is 0.0642. The molecule has 70 heavy (non-hydrogen) atoms. The summed E-state index contributed by atoms with van der Waals surface area (Å²) < 4.78 is 74.6. The van der Waals surface area contributed by atoms with Gasteiger partial charge in [-0.1, -0.05) is 38.1 Å². The van der Waals surface area contributed by atoms with E-state index in [1.165, 1.54) is 29.7 Å². The summed E-state index contributed by atoms with van der Waals surface area (Å²) in [5, 5.41) is 26.6. The highest BCUT2D eigenvalue weighted by molar-refractivity contribution is 7.90. The number of amides is 1. The third kappa shape index (κ3) is 9.46. The number of carbonyl (C=O) groups excluding carboxylic acids is 1.